The summed E-state index contributed by atoms with van der Waals surface area (Å²) in [5.74, 6) is -0.486. The molecule has 0 aliphatic carbocycles. The molecule has 0 saturated heterocycles. The third-order valence-electron chi connectivity index (χ3n) is 4.09. The fourth-order valence-electron chi connectivity index (χ4n) is 2.77. The van der Waals surface area contributed by atoms with Gasteiger partial charge in [0, 0.05) is 12.1 Å². The minimum Gasteiger partial charge on any atom is -0.397 e. The minimum atomic E-state index is -0.702. The van der Waals surface area contributed by atoms with Crippen molar-refractivity contribution in [2.75, 3.05) is 0 Å². The third kappa shape index (κ3) is 3.16. The molecule has 0 atom stereocenters. The number of nitro groups is 2. The average Bonchev–Trinajstić information content (AvgIpc) is 3.34. The second kappa shape index (κ2) is 6.88. The van der Waals surface area contributed by atoms with Gasteiger partial charge in [-0.05, 0) is 30.3 Å². The zero-order valence-corrected chi connectivity index (χ0v) is 14.5. The van der Waals surface area contributed by atoms with Crippen LogP contribution in [0.4, 0.5) is 11.6 Å². The number of hydrogen-bond donors (Lipinski definition) is 0. The highest BCUT2D eigenvalue weighted by Gasteiger charge is 2.23. The number of rotatable bonds is 5. The van der Waals surface area contributed by atoms with E-state index in [1.165, 1.54) is 34.9 Å². The maximum Gasteiger partial charge on any atom is 0.433 e. The molecule has 0 amide bonds. The van der Waals surface area contributed by atoms with Gasteiger partial charge in [0.15, 0.2) is 5.76 Å². The molecule has 0 aliphatic rings. The van der Waals surface area contributed by atoms with Gasteiger partial charge < -0.3 is 4.42 Å². The van der Waals surface area contributed by atoms with Crippen LogP contribution in [0, 0.1) is 20.2 Å². The highest BCUT2D eigenvalue weighted by atomic mass is 16.6. The van der Waals surface area contributed by atoms with Crippen LogP contribution in [0.15, 0.2) is 75.9 Å². The molecule has 11 heteroatoms. The summed E-state index contributed by atoms with van der Waals surface area (Å²) in [4.78, 5) is 33.7. The van der Waals surface area contributed by atoms with E-state index >= 15 is 0 Å². The summed E-state index contributed by atoms with van der Waals surface area (Å²) in [6.07, 6.45) is 0. The molecule has 0 radical (unpaired) electrons. The first-order valence-electron chi connectivity index (χ1n) is 8.22. The Morgan fingerprint density at radius 3 is 2.10 bits per heavy atom. The first-order chi connectivity index (χ1) is 14.0. The minimum absolute atomic E-state index is 0.00170. The Bertz CT molecular complexity index is 1270. The number of nitro benzene ring substituents is 1. The van der Waals surface area contributed by atoms with Gasteiger partial charge in [0.2, 0.25) is 5.82 Å². The van der Waals surface area contributed by atoms with Crippen LogP contribution in [0.2, 0.25) is 0 Å². The Kier molecular flexibility index (Phi) is 4.24. The molecule has 144 valence electrons. The molecule has 0 bridgehead atoms. The second-order valence-electron chi connectivity index (χ2n) is 5.86. The van der Waals surface area contributed by atoms with Crippen LogP contribution in [0.5, 0.6) is 0 Å². The van der Waals surface area contributed by atoms with Crippen LogP contribution >= 0.6 is 0 Å². The van der Waals surface area contributed by atoms with Gasteiger partial charge in [-0.3, -0.25) is 20.2 Å². The van der Waals surface area contributed by atoms with Crippen molar-refractivity contribution in [3.63, 3.8) is 0 Å². The number of para-hydroxylation sites is 1. The summed E-state index contributed by atoms with van der Waals surface area (Å²) >= 11 is 0. The van der Waals surface area contributed by atoms with Crippen LogP contribution in [-0.2, 0) is 0 Å². The average molecular weight is 393 g/mol. The Morgan fingerprint density at radius 2 is 1.52 bits per heavy atom. The molecule has 4 aromatic rings. The van der Waals surface area contributed by atoms with Gasteiger partial charge >= 0.3 is 11.6 Å². The largest absolute Gasteiger partial charge is 0.433 e. The first kappa shape index (κ1) is 17.9. The number of aromatic nitrogens is 3. The van der Waals surface area contributed by atoms with Crippen molar-refractivity contribution in [3.8, 4) is 23.0 Å². The van der Waals surface area contributed by atoms with E-state index in [9.17, 15) is 25.0 Å². The van der Waals surface area contributed by atoms with Crippen molar-refractivity contribution in [1.82, 2.24) is 14.3 Å². The SMILES string of the molecule is O=c1n(-c2ccccc2)nc(-c2ccc([N+](=O)[O-])o2)n1-c1ccc([N+](=O)[O-])cc1. The molecular formula is C18H11N5O6. The first-order valence-corrected chi connectivity index (χ1v) is 8.22. The molecule has 4 rings (SSSR count). The molecule has 0 fully saturated rings. The van der Waals surface area contributed by atoms with Crippen LogP contribution in [0.25, 0.3) is 23.0 Å². The van der Waals surface area contributed by atoms with Gasteiger partial charge in [-0.1, -0.05) is 18.2 Å². The van der Waals surface area contributed by atoms with Crippen LogP contribution in [0.3, 0.4) is 0 Å². The van der Waals surface area contributed by atoms with E-state index in [-0.39, 0.29) is 23.0 Å². The van der Waals surface area contributed by atoms with Crippen molar-refractivity contribution >= 4 is 11.6 Å². The highest BCUT2D eigenvalue weighted by Crippen LogP contribution is 2.26. The molecule has 29 heavy (non-hydrogen) atoms. The van der Waals surface area contributed by atoms with Crippen molar-refractivity contribution in [2.45, 2.75) is 0 Å². The number of non-ortho nitro benzene ring substituents is 1. The van der Waals surface area contributed by atoms with E-state index in [0.717, 1.165) is 10.7 Å². The van der Waals surface area contributed by atoms with Crippen LogP contribution in [-0.4, -0.2) is 24.2 Å². The van der Waals surface area contributed by atoms with Crippen molar-refractivity contribution in [1.29, 1.82) is 0 Å². The Morgan fingerprint density at radius 1 is 0.828 bits per heavy atom. The number of nitrogens with zero attached hydrogens (tertiary/aromatic N) is 5. The molecule has 0 aliphatic heterocycles. The van der Waals surface area contributed by atoms with Crippen LogP contribution < -0.4 is 5.69 Å². The molecule has 2 heterocycles. The maximum atomic E-state index is 13.1. The predicted molar refractivity (Wildman–Crippen MR) is 100 cm³/mol. The Hall–Kier alpha value is -4.54. The molecule has 0 saturated carbocycles. The van der Waals surface area contributed by atoms with Gasteiger partial charge in [-0.25, -0.2) is 9.36 Å². The third-order valence-corrected chi connectivity index (χ3v) is 4.09. The molecule has 0 spiro atoms. The number of hydrogen-bond acceptors (Lipinski definition) is 7. The zero-order chi connectivity index (χ0) is 20.5. The molecular weight excluding hydrogens is 382 g/mol. The molecule has 0 unspecified atom stereocenters. The second-order valence-corrected chi connectivity index (χ2v) is 5.86. The van der Waals surface area contributed by atoms with Gasteiger partial charge in [0.05, 0.1) is 22.4 Å². The standard InChI is InChI=1S/C18H11N5O6/c24-18-20(12-6-8-14(9-7-12)22(25)26)17(15-10-11-16(29-15)23(27)28)19-21(18)13-4-2-1-3-5-13/h1-11H. The lowest BCUT2D eigenvalue weighted by Gasteiger charge is -2.03. The fourth-order valence-corrected chi connectivity index (χ4v) is 2.77. The summed E-state index contributed by atoms with van der Waals surface area (Å²) in [7, 11) is 0. The highest BCUT2D eigenvalue weighted by molar-refractivity contribution is 5.55. The lowest BCUT2D eigenvalue weighted by Crippen LogP contribution is -2.22. The summed E-state index contributed by atoms with van der Waals surface area (Å²) in [5, 5.41) is 26.1. The summed E-state index contributed by atoms with van der Waals surface area (Å²) in [6.45, 7) is 0. The predicted octanol–water partition coefficient (Wildman–Crippen LogP) is 3.10. The fraction of sp³-hybridized carbons (Fsp3) is 0. The van der Waals surface area contributed by atoms with E-state index < -0.39 is 21.4 Å². The van der Waals surface area contributed by atoms with Gasteiger partial charge in [0.1, 0.15) is 4.92 Å². The number of furan rings is 1. The smallest absolute Gasteiger partial charge is 0.397 e. The summed E-state index contributed by atoms with van der Waals surface area (Å²) < 4.78 is 7.50. The normalized spacial score (nSPS) is 10.8. The molecule has 0 N–H and O–H groups in total. The zero-order valence-electron chi connectivity index (χ0n) is 14.5. The van der Waals surface area contributed by atoms with E-state index in [0.29, 0.717) is 5.69 Å². The molecule has 11 nitrogen and oxygen atoms in total. The summed E-state index contributed by atoms with van der Waals surface area (Å²) in [5.41, 5.74) is 0.0452. The van der Waals surface area contributed by atoms with Gasteiger partial charge in [-0.2, -0.15) is 4.68 Å². The summed E-state index contributed by atoms with van der Waals surface area (Å²) in [6, 6.07) is 16.3. The van der Waals surface area contributed by atoms with E-state index in [1.807, 2.05) is 0 Å². The Balaban J connectivity index is 1.94. The van der Waals surface area contributed by atoms with Crippen molar-refractivity contribution < 1.29 is 14.3 Å². The van der Waals surface area contributed by atoms with E-state index in [1.54, 1.807) is 30.3 Å². The van der Waals surface area contributed by atoms with E-state index in [2.05, 4.69) is 5.10 Å². The van der Waals surface area contributed by atoms with Gasteiger partial charge in [-0.15, -0.1) is 5.10 Å². The van der Waals surface area contributed by atoms with Crippen molar-refractivity contribution in [3.05, 3.63) is 97.4 Å². The molecule has 2 aromatic carbocycles. The topological polar surface area (TPSA) is 139 Å². The quantitative estimate of drug-likeness (QED) is 0.375. The Labute approximate surface area is 161 Å². The maximum absolute atomic E-state index is 13.1. The van der Waals surface area contributed by atoms with Gasteiger partial charge in [0.25, 0.3) is 5.69 Å². The van der Waals surface area contributed by atoms with Crippen LogP contribution in [0.1, 0.15) is 0 Å². The molecule has 2 aromatic heterocycles. The lowest BCUT2D eigenvalue weighted by molar-refractivity contribution is -0.401. The monoisotopic (exact) mass is 393 g/mol. The van der Waals surface area contributed by atoms with Crippen molar-refractivity contribution in [2.24, 2.45) is 0 Å². The van der Waals surface area contributed by atoms with E-state index in [4.69, 9.17) is 4.42 Å². The lowest BCUT2D eigenvalue weighted by atomic mass is 10.2. The number of benzene rings is 2.